The number of aromatic nitrogens is 3. The zero-order chi connectivity index (χ0) is 19.5. The summed E-state index contributed by atoms with van der Waals surface area (Å²) in [7, 11) is 0. The molecule has 1 aliphatic heterocycles. The van der Waals surface area contributed by atoms with Gasteiger partial charge in [-0.1, -0.05) is 6.07 Å². The van der Waals surface area contributed by atoms with Crippen LogP contribution in [0.3, 0.4) is 0 Å². The molecule has 3 heterocycles. The molecule has 0 saturated carbocycles. The zero-order valence-electron chi connectivity index (χ0n) is 14.5. The minimum absolute atomic E-state index is 0.291. The van der Waals surface area contributed by atoms with Crippen molar-refractivity contribution in [3.8, 4) is 0 Å². The number of nitrogens with zero attached hydrogens (tertiary/aromatic N) is 2. The topological polar surface area (TPSA) is 64.8 Å². The van der Waals surface area contributed by atoms with E-state index in [4.69, 9.17) is 0 Å². The molecular formula is C18H16F4N4O. The summed E-state index contributed by atoms with van der Waals surface area (Å²) >= 11 is 0. The van der Waals surface area contributed by atoms with E-state index in [1.165, 1.54) is 11.0 Å². The van der Waals surface area contributed by atoms with Crippen molar-refractivity contribution in [3.63, 3.8) is 0 Å². The maximum absolute atomic E-state index is 14.2. The van der Waals surface area contributed by atoms with Crippen LogP contribution >= 0.6 is 0 Å². The fraction of sp³-hybridized carbons (Fsp3) is 0.333. The zero-order valence-corrected chi connectivity index (χ0v) is 14.5. The molecule has 1 aliphatic rings. The highest BCUT2D eigenvalue weighted by Gasteiger charge is 2.36. The van der Waals surface area contributed by atoms with Gasteiger partial charge in [-0.15, -0.1) is 0 Å². The summed E-state index contributed by atoms with van der Waals surface area (Å²) in [6.07, 6.45) is -4.15. The first-order valence-corrected chi connectivity index (χ1v) is 8.41. The van der Waals surface area contributed by atoms with Crippen LogP contribution in [0.2, 0.25) is 0 Å². The standard InChI is InChI=1S/C18H16F4N4O/c1-8-3-4-10(19)16-14(8)15-9(2)26(6-5-11(15)23-16)17(27)12-7-13(25-24-12)18(20,21)22/h3-4,7,9,23H,5-6H2,1-2H3,(H,24,25). The number of alkyl halides is 3. The van der Waals surface area contributed by atoms with Crippen molar-refractivity contribution >= 4 is 16.8 Å². The van der Waals surface area contributed by atoms with Crippen molar-refractivity contribution < 1.29 is 22.4 Å². The SMILES string of the molecule is Cc1ccc(F)c2[nH]c3c(c12)C(C)N(C(=O)c1cc(C(F)(F)F)[nH]n1)CC3. The summed E-state index contributed by atoms with van der Waals surface area (Å²) in [6, 6.07) is 3.34. The predicted molar refractivity (Wildman–Crippen MR) is 89.7 cm³/mol. The third kappa shape index (κ3) is 2.68. The molecule has 27 heavy (non-hydrogen) atoms. The molecule has 142 valence electrons. The maximum atomic E-state index is 14.2. The van der Waals surface area contributed by atoms with Crippen LogP contribution in [0.5, 0.6) is 0 Å². The number of benzene rings is 1. The van der Waals surface area contributed by atoms with E-state index in [9.17, 15) is 22.4 Å². The minimum Gasteiger partial charge on any atom is -0.356 e. The molecule has 0 aliphatic carbocycles. The molecule has 2 aromatic heterocycles. The Hall–Kier alpha value is -2.84. The Morgan fingerprint density at radius 1 is 1.33 bits per heavy atom. The number of hydrogen-bond acceptors (Lipinski definition) is 2. The van der Waals surface area contributed by atoms with Gasteiger partial charge in [0.2, 0.25) is 0 Å². The molecule has 1 atom stereocenters. The average molecular weight is 380 g/mol. The van der Waals surface area contributed by atoms with E-state index >= 15 is 0 Å². The van der Waals surface area contributed by atoms with Crippen molar-refractivity contribution in [2.75, 3.05) is 6.54 Å². The fourth-order valence-electron chi connectivity index (χ4n) is 3.76. The minimum atomic E-state index is -4.60. The van der Waals surface area contributed by atoms with Crippen molar-refractivity contribution in [2.45, 2.75) is 32.5 Å². The third-order valence-corrected chi connectivity index (χ3v) is 5.08. The number of aryl methyl sites for hydroxylation is 1. The number of carbonyl (C=O) groups is 1. The lowest BCUT2D eigenvalue weighted by atomic mass is 9.94. The summed E-state index contributed by atoms with van der Waals surface area (Å²) in [5.41, 5.74) is 1.53. The van der Waals surface area contributed by atoms with Gasteiger partial charge < -0.3 is 9.88 Å². The Morgan fingerprint density at radius 2 is 2.07 bits per heavy atom. The molecule has 1 aromatic carbocycles. The molecule has 1 unspecified atom stereocenters. The van der Waals surface area contributed by atoms with Crippen LogP contribution in [0.4, 0.5) is 17.6 Å². The van der Waals surface area contributed by atoms with E-state index in [0.29, 0.717) is 29.9 Å². The van der Waals surface area contributed by atoms with E-state index in [-0.39, 0.29) is 11.5 Å². The Morgan fingerprint density at radius 3 is 2.74 bits per heavy atom. The first-order chi connectivity index (χ1) is 12.7. The average Bonchev–Trinajstić information content (AvgIpc) is 3.23. The number of carbonyl (C=O) groups excluding carboxylic acids is 1. The Bertz CT molecular complexity index is 1050. The van der Waals surface area contributed by atoms with Crippen LogP contribution in [-0.4, -0.2) is 32.5 Å². The van der Waals surface area contributed by atoms with Crippen LogP contribution < -0.4 is 0 Å². The first kappa shape index (κ1) is 17.6. The molecule has 4 rings (SSSR count). The van der Waals surface area contributed by atoms with Crippen molar-refractivity contribution in [2.24, 2.45) is 0 Å². The van der Waals surface area contributed by atoms with Crippen LogP contribution in [0, 0.1) is 12.7 Å². The summed E-state index contributed by atoms with van der Waals surface area (Å²) in [5, 5.41) is 6.10. The number of halogens is 4. The summed E-state index contributed by atoms with van der Waals surface area (Å²) in [5.74, 6) is -0.972. The molecule has 0 bridgehead atoms. The van der Waals surface area contributed by atoms with Crippen LogP contribution in [0.25, 0.3) is 10.9 Å². The monoisotopic (exact) mass is 380 g/mol. The smallest absolute Gasteiger partial charge is 0.356 e. The van der Waals surface area contributed by atoms with Gasteiger partial charge in [-0.2, -0.15) is 18.3 Å². The van der Waals surface area contributed by atoms with Gasteiger partial charge in [0.25, 0.3) is 5.91 Å². The van der Waals surface area contributed by atoms with Gasteiger partial charge in [0, 0.05) is 35.7 Å². The molecule has 9 heteroatoms. The lowest BCUT2D eigenvalue weighted by Crippen LogP contribution is -2.38. The van der Waals surface area contributed by atoms with Gasteiger partial charge in [0.1, 0.15) is 11.5 Å². The lowest BCUT2D eigenvalue weighted by Gasteiger charge is -2.33. The largest absolute Gasteiger partial charge is 0.432 e. The summed E-state index contributed by atoms with van der Waals surface area (Å²) < 4.78 is 52.5. The van der Waals surface area contributed by atoms with Crippen LogP contribution in [0.15, 0.2) is 18.2 Å². The van der Waals surface area contributed by atoms with E-state index in [2.05, 4.69) is 10.1 Å². The number of amides is 1. The van der Waals surface area contributed by atoms with Gasteiger partial charge >= 0.3 is 6.18 Å². The number of hydrogen-bond donors (Lipinski definition) is 2. The third-order valence-electron chi connectivity index (χ3n) is 5.08. The second kappa shape index (κ2) is 5.83. The molecule has 0 spiro atoms. The first-order valence-electron chi connectivity index (χ1n) is 8.41. The number of rotatable bonds is 1. The maximum Gasteiger partial charge on any atom is 0.432 e. The normalized spacial score (nSPS) is 17.4. The lowest BCUT2D eigenvalue weighted by molar-refractivity contribution is -0.141. The Labute approximate surface area is 151 Å². The van der Waals surface area contributed by atoms with E-state index < -0.39 is 23.8 Å². The molecule has 2 N–H and O–H groups in total. The van der Waals surface area contributed by atoms with Crippen molar-refractivity contribution in [1.82, 2.24) is 20.1 Å². The fourth-order valence-corrected chi connectivity index (χ4v) is 3.76. The highest BCUT2D eigenvalue weighted by Crippen LogP contribution is 2.38. The van der Waals surface area contributed by atoms with Crippen LogP contribution in [0.1, 0.15) is 46.0 Å². The summed E-state index contributed by atoms with van der Waals surface area (Å²) in [4.78, 5) is 17.3. The number of H-pyrrole nitrogens is 2. The number of fused-ring (bicyclic) bond motifs is 3. The molecular weight excluding hydrogens is 364 g/mol. The molecule has 3 aromatic rings. The Kier molecular flexibility index (Phi) is 3.79. The quantitative estimate of drug-likeness (QED) is 0.624. The molecule has 0 saturated heterocycles. The second-order valence-corrected chi connectivity index (χ2v) is 6.72. The Balaban J connectivity index is 1.73. The molecule has 0 radical (unpaired) electrons. The second-order valence-electron chi connectivity index (χ2n) is 6.72. The van der Waals surface area contributed by atoms with E-state index in [1.807, 2.05) is 12.0 Å². The number of aromatic amines is 2. The highest BCUT2D eigenvalue weighted by atomic mass is 19.4. The van der Waals surface area contributed by atoms with Crippen LogP contribution in [-0.2, 0) is 12.6 Å². The van der Waals surface area contributed by atoms with Gasteiger partial charge in [-0.05, 0) is 25.5 Å². The van der Waals surface area contributed by atoms with E-state index in [1.54, 1.807) is 13.0 Å². The van der Waals surface area contributed by atoms with E-state index in [0.717, 1.165) is 16.8 Å². The van der Waals surface area contributed by atoms with Gasteiger partial charge in [0.15, 0.2) is 5.69 Å². The van der Waals surface area contributed by atoms with Crippen molar-refractivity contribution in [1.29, 1.82) is 0 Å². The van der Waals surface area contributed by atoms with Crippen molar-refractivity contribution in [3.05, 3.63) is 52.2 Å². The highest BCUT2D eigenvalue weighted by molar-refractivity contribution is 5.94. The molecule has 5 nitrogen and oxygen atoms in total. The number of nitrogens with one attached hydrogen (secondary N) is 2. The van der Waals surface area contributed by atoms with Gasteiger partial charge in [0.05, 0.1) is 11.6 Å². The van der Waals surface area contributed by atoms with Gasteiger partial charge in [-0.3, -0.25) is 9.89 Å². The van der Waals surface area contributed by atoms with Gasteiger partial charge in [-0.25, -0.2) is 4.39 Å². The summed E-state index contributed by atoms with van der Waals surface area (Å²) in [6.45, 7) is 3.94. The molecule has 1 amide bonds. The predicted octanol–water partition coefficient (Wildman–Crippen LogP) is 4.12. The molecule has 0 fully saturated rings.